The summed E-state index contributed by atoms with van der Waals surface area (Å²) in [5, 5.41) is 12.3. The Labute approximate surface area is 207 Å². The number of carboxylic acid groups (broad SMARTS) is 1. The third-order valence-electron chi connectivity index (χ3n) is 6.74. The number of fused-ring (bicyclic) bond motifs is 3. The Hall–Kier alpha value is -3.35. The Bertz CT molecular complexity index is 1060. The fourth-order valence-electron chi connectivity index (χ4n) is 4.53. The lowest BCUT2D eigenvalue weighted by atomic mass is 9.83. The zero-order valence-corrected chi connectivity index (χ0v) is 21.4. The van der Waals surface area contributed by atoms with E-state index in [1.165, 1.54) is 25.8 Å². The van der Waals surface area contributed by atoms with Crippen molar-refractivity contribution in [2.75, 3.05) is 20.2 Å². The largest absolute Gasteiger partial charge is 0.480 e. The summed E-state index contributed by atoms with van der Waals surface area (Å²) in [6, 6.07) is 16.2. The molecule has 188 valence electrons. The van der Waals surface area contributed by atoms with Crippen LogP contribution in [-0.4, -0.2) is 53.7 Å². The third-order valence-corrected chi connectivity index (χ3v) is 6.74. The molecule has 0 radical (unpaired) electrons. The number of nitrogens with zero attached hydrogens (tertiary/aromatic N) is 1. The first-order valence-corrected chi connectivity index (χ1v) is 11.9. The predicted molar refractivity (Wildman–Crippen MR) is 135 cm³/mol. The molecule has 7 heteroatoms. The maximum atomic E-state index is 13.2. The van der Waals surface area contributed by atoms with E-state index < -0.39 is 23.5 Å². The fourth-order valence-corrected chi connectivity index (χ4v) is 4.53. The molecule has 0 saturated heterocycles. The van der Waals surface area contributed by atoms with Crippen LogP contribution in [0.4, 0.5) is 4.79 Å². The Morgan fingerprint density at radius 3 is 1.97 bits per heavy atom. The second kappa shape index (κ2) is 10.1. The van der Waals surface area contributed by atoms with Crippen molar-refractivity contribution in [2.45, 2.75) is 52.5 Å². The zero-order chi connectivity index (χ0) is 26.0. The molecule has 0 fully saturated rings. The number of carboxylic acids is 1. The van der Waals surface area contributed by atoms with Gasteiger partial charge in [-0.1, -0.05) is 69.3 Å². The van der Waals surface area contributed by atoms with E-state index in [0.29, 0.717) is 6.42 Å². The summed E-state index contributed by atoms with van der Waals surface area (Å²) in [6.45, 7) is 9.23. The lowest BCUT2D eigenvalue weighted by Gasteiger charge is -2.36. The first kappa shape index (κ1) is 26.3. The number of carbonyl (C=O) groups is 3. The Balaban J connectivity index is 1.66. The quantitative estimate of drug-likeness (QED) is 0.560. The third kappa shape index (κ3) is 5.84. The standard InChI is InChI=1S/C28H36N2O5/c1-27(2,3)15-18(24(31)30(6)28(4,5)25(32)33)16-29-26(34)35-17-23-21-13-9-7-11-19(21)20-12-8-10-14-22(20)23/h7-14,18,23H,15-17H2,1-6H3,(H,29,34)(H,32,33). The molecule has 0 saturated carbocycles. The van der Waals surface area contributed by atoms with E-state index in [1.807, 2.05) is 45.0 Å². The van der Waals surface area contributed by atoms with Crippen LogP contribution in [0.15, 0.2) is 48.5 Å². The molecule has 1 atom stereocenters. The number of nitrogens with one attached hydrogen (secondary N) is 1. The molecule has 3 rings (SSSR count). The van der Waals surface area contributed by atoms with Crippen LogP contribution >= 0.6 is 0 Å². The van der Waals surface area contributed by atoms with Crippen LogP contribution in [0.2, 0.25) is 0 Å². The van der Waals surface area contributed by atoms with Gasteiger partial charge in [0.05, 0.1) is 5.92 Å². The van der Waals surface area contributed by atoms with Gasteiger partial charge in [-0.2, -0.15) is 0 Å². The summed E-state index contributed by atoms with van der Waals surface area (Å²) >= 11 is 0. The molecular formula is C28H36N2O5. The van der Waals surface area contributed by atoms with Crippen LogP contribution in [0.1, 0.15) is 58.1 Å². The van der Waals surface area contributed by atoms with Gasteiger partial charge in [-0.05, 0) is 47.9 Å². The first-order chi connectivity index (χ1) is 16.3. The van der Waals surface area contributed by atoms with Gasteiger partial charge in [0.25, 0.3) is 0 Å². The number of aliphatic carboxylic acids is 1. The van der Waals surface area contributed by atoms with Gasteiger partial charge in [0.1, 0.15) is 12.1 Å². The Morgan fingerprint density at radius 1 is 0.971 bits per heavy atom. The number of rotatable bonds is 8. The van der Waals surface area contributed by atoms with Crippen molar-refractivity contribution < 1.29 is 24.2 Å². The van der Waals surface area contributed by atoms with Crippen LogP contribution < -0.4 is 5.32 Å². The van der Waals surface area contributed by atoms with Gasteiger partial charge < -0.3 is 20.1 Å². The SMILES string of the molecule is CN(C(=O)C(CNC(=O)OCC1c2ccccc2-c2ccccc21)CC(C)(C)C)C(C)(C)C(=O)O. The summed E-state index contributed by atoms with van der Waals surface area (Å²) in [5.74, 6) is -2.06. The van der Waals surface area contributed by atoms with Gasteiger partial charge >= 0.3 is 12.1 Å². The van der Waals surface area contributed by atoms with Gasteiger partial charge in [-0.3, -0.25) is 4.79 Å². The predicted octanol–water partition coefficient (Wildman–Crippen LogP) is 4.90. The Kier molecular flexibility index (Phi) is 7.58. The van der Waals surface area contributed by atoms with Gasteiger partial charge in [0.15, 0.2) is 0 Å². The molecule has 1 aliphatic carbocycles. The van der Waals surface area contributed by atoms with Crippen molar-refractivity contribution in [1.29, 1.82) is 0 Å². The lowest BCUT2D eigenvalue weighted by molar-refractivity contribution is -0.157. The van der Waals surface area contributed by atoms with Crippen LogP contribution in [0.5, 0.6) is 0 Å². The van der Waals surface area contributed by atoms with Crippen molar-refractivity contribution in [3.63, 3.8) is 0 Å². The zero-order valence-electron chi connectivity index (χ0n) is 21.4. The molecule has 0 aliphatic heterocycles. The number of amides is 2. The van der Waals surface area contributed by atoms with Crippen molar-refractivity contribution in [3.05, 3.63) is 59.7 Å². The van der Waals surface area contributed by atoms with Crippen LogP contribution in [-0.2, 0) is 14.3 Å². The minimum absolute atomic E-state index is 0.0531. The van der Waals surface area contributed by atoms with Crippen LogP contribution in [0.3, 0.4) is 0 Å². The van der Waals surface area contributed by atoms with Gasteiger partial charge in [0.2, 0.25) is 5.91 Å². The molecule has 2 aromatic carbocycles. The van der Waals surface area contributed by atoms with Gasteiger partial charge in [-0.15, -0.1) is 0 Å². The molecule has 0 aromatic heterocycles. The second-order valence-electron chi connectivity index (χ2n) is 10.9. The maximum Gasteiger partial charge on any atom is 0.407 e. The Morgan fingerprint density at radius 2 is 1.49 bits per heavy atom. The molecule has 7 nitrogen and oxygen atoms in total. The van der Waals surface area contributed by atoms with Crippen molar-refractivity contribution in [1.82, 2.24) is 10.2 Å². The molecule has 0 spiro atoms. The number of ether oxygens (including phenoxy) is 1. The molecule has 0 bridgehead atoms. The van der Waals surface area contributed by atoms with E-state index >= 15 is 0 Å². The highest BCUT2D eigenvalue weighted by molar-refractivity contribution is 5.87. The topological polar surface area (TPSA) is 95.9 Å². The molecule has 1 unspecified atom stereocenters. The molecule has 35 heavy (non-hydrogen) atoms. The highest BCUT2D eigenvalue weighted by Gasteiger charge is 2.39. The van der Waals surface area contributed by atoms with E-state index in [2.05, 4.69) is 29.6 Å². The van der Waals surface area contributed by atoms with Crippen molar-refractivity contribution >= 4 is 18.0 Å². The van der Waals surface area contributed by atoms with E-state index in [9.17, 15) is 19.5 Å². The first-order valence-electron chi connectivity index (χ1n) is 11.9. The summed E-state index contributed by atoms with van der Waals surface area (Å²) in [4.78, 5) is 38.7. The van der Waals surface area contributed by atoms with Crippen LogP contribution in [0, 0.1) is 11.3 Å². The molecule has 2 N–H and O–H groups in total. The second-order valence-corrected chi connectivity index (χ2v) is 10.9. The van der Waals surface area contributed by atoms with E-state index in [4.69, 9.17) is 4.74 Å². The number of alkyl carbamates (subject to hydrolysis) is 1. The van der Waals surface area contributed by atoms with E-state index in [-0.39, 0.29) is 30.4 Å². The van der Waals surface area contributed by atoms with Crippen LogP contribution in [0.25, 0.3) is 11.1 Å². The summed E-state index contributed by atoms with van der Waals surface area (Å²) in [7, 11) is 1.49. The maximum absolute atomic E-state index is 13.2. The number of carbonyl (C=O) groups excluding carboxylic acids is 2. The molecule has 2 aromatic rings. The lowest BCUT2D eigenvalue weighted by Crippen LogP contribution is -2.54. The van der Waals surface area contributed by atoms with Gasteiger partial charge in [-0.25, -0.2) is 9.59 Å². The molecular weight excluding hydrogens is 444 g/mol. The highest BCUT2D eigenvalue weighted by Crippen LogP contribution is 2.44. The minimum atomic E-state index is -1.36. The van der Waals surface area contributed by atoms with Crippen molar-refractivity contribution in [2.24, 2.45) is 11.3 Å². The summed E-state index contributed by atoms with van der Waals surface area (Å²) in [6.07, 6.45) is -0.117. The molecule has 0 heterocycles. The summed E-state index contributed by atoms with van der Waals surface area (Å²) in [5.41, 5.74) is 2.99. The van der Waals surface area contributed by atoms with Gasteiger partial charge in [0, 0.05) is 19.5 Å². The number of likely N-dealkylation sites (N-methyl/N-ethyl adjacent to an activating group) is 1. The monoisotopic (exact) mass is 480 g/mol. The number of benzene rings is 2. The van der Waals surface area contributed by atoms with E-state index in [1.54, 1.807) is 0 Å². The average molecular weight is 481 g/mol. The minimum Gasteiger partial charge on any atom is -0.480 e. The molecule has 2 amide bonds. The normalized spacial score (nSPS) is 14.0. The summed E-state index contributed by atoms with van der Waals surface area (Å²) < 4.78 is 5.60. The average Bonchev–Trinajstić information content (AvgIpc) is 3.12. The smallest absolute Gasteiger partial charge is 0.407 e. The number of hydrogen-bond donors (Lipinski definition) is 2. The number of hydrogen-bond acceptors (Lipinski definition) is 4. The van der Waals surface area contributed by atoms with Crippen molar-refractivity contribution in [3.8, 4) is 11.1 Å². The molecule has 1 aliphatic rings. The highest BCUT2D eigenvalue weighted by atomic mass is 16.5. The van der Waals surface area contributed by atoms with E-state index in [0.717, 1.165) is 22.3 Å². The fraction of sp³-hybridized carbons (Fsp3) is 0.464.